The lowest BCUT2D eigenvalue weighted by Crippen LogP contribution is -1.86. The first-order chi connectivity index (χ1) is 22.1. The molecule has 0 unspecified atom stereocenters. The molecule has 0 aliphatic heterocycles. The molecule has 224 valence electrons. The van der Waals surface area contributed by atoms with Crippen molar-refractivity contribution in [2.24, 2.45) is 0 Å². The lowest BCUT2D eigenvalue weighted by molar-refractivity contribution is 0.607. The van der Waals surface area contributed by atoms with Crippen molar-refractivity contribution in [2.75, 3.05) is 0 Å². The Morgan fingerprint density at radius 3 is 1.38 bits per heavy atom. The third kappa shape index (κ3) is 6.83. The molecule has 7 aromatic rings. The molecule has 0 saturated heterocycles. The maximum atomic E-state index is 2.36. The molecule has 5 aromatic carbocycles. The van der Waals surface area contributed by atoms with Crippen LogP contribution in [0, 0.1) is 6.92 Å². The second-order valence-corrected chi connectivity index (χ2v) is 14.6. The number of hydrogen-bond acceptors (Lipinski definition) is 2. The number of hydrogen-bond donors (Lipinski definition) is 0. The van der Waals surface area contributed by atoms with Crippen molar-refractivity contribution >= 4 is 44.2 Å². The molecule has 0 spiro atoms. The van der Waals surface area contributed by atoms with E-state index in [1.165, 1.54) is 119 Å². The zero-order chi connectivity index (χ0) is 30.6. The van der Waals surface area contributed by atoms with Crippen LogP contribution in [-0.2, 0) is 6.42 Å². The number of rotatable bonds is 11. The Hall–Kier alpha value is -3.98. The van der Waals surface area contributed by atoms with Crippen molar-refractivity contribution in [1.29, 1.82) is 0 Å². The predicted octanol–water partition coefficient (Wildman–Crippen LogP) is 14.0. The number of unbranched alkanes of at least 4 members (excludes halogenated alkanes) is 5. The van der Waals surface area contributed by atoms with Crippen LogP contribution < -0.4 is 0 Å². The van der Waals surface area contributed by atoms with Gasteiger partial charge in [0.15, 0.2) is 0 Å². The molecule has 2 heterocycles. The average Bonchev–Trinajstić information content (AvgIpc) is 3.77. The van der Waals surface area contributed by atoms with Crippen LogP contribution in [0.5, 0.6) is 0 Å². The van der Waals surface area contributed by atoms with Crippen LogP contribution in [0.3, 0.4) is 0 Å². The van der Waals surface area contributed by atoms with Gasteiger partial charge < -0.3 is 0 Å². The van der Waals surface area contributed by atoms with E-state index in [0.29, 0.717) is 0 Å². The molecule has 0 bridgehead atoms. The van der Waals surface area contributed by atoms with Gasteiger partial charge in [-0.2, -0.15) is 0 Å². The van der Waals surface area contributed by atoms with Gasteiger partial charge in [0.05, 0.1) is 0 Å². The highest BCUT2D eigenvalue weighted by Crippen LogP contribution is 2.38. The van der Waals surface area contributed by atoms with Crippen LogP contribution in [0.15, 0.2) is 121 Å². The van der Waals surface area contributed by atoms with Crippen LogP contribution in [-0.4, -0.2) is 0 Å². The second-order valence-electron chi connectivity index (χ2n) is 12.4. The zero-order valence-electron chi connectivity index (χ0n) is 26.3. The molecule has 0 N–H and O–H groups in total. The van der Waals surface area contributed by atoms with Crippen molar-refractivity contribution in [1.82, 2.24) is 0 Å². The van der Waals surface area contributed by atoms with Gasteiger partial charge in [0.2, 0.25) is 0 Å². The minimum absolute atomic E-state index is 1.19. The van der Waals surface area contributed by atoms with E-state index in [0.717, 1.165) is 0 Å². The summed E-state index contributed by atoms with van der Waals surface area (Å²) in [6.45, 7) is 4.42. The summed E-state index contributed by atoms with van der Waals surface area (Å²) in [7, 11) is 0. The summed E-state index contributed by atoms with van der Waals surface area (Å²) in [5.74, 6) is 0. The Morgan fingerprint density at radius 2 is 0.844 bits per heavy atom. The topological polar surface area (TPSA) is 0 Å². The van der Waals surface area contributed by atoms with E-state index < -0.39 is 0 Å². The molecule has 2 heteroatoms. The second kappa shape index (κ2) is 13.6. The molecule has 45 heavy (non-hydrogen) atoms. The molecule has 0 fully saturated rings. The van der Waals surface area contributed by atoms with Gasteiger partial charge in [0, 0.05) is 19.5 Å². The Labute approximate surface area is 276 Å². The van der Waals surface area contributed by atoms with E-state index in [2.05, 4.69) is 135 Å². The molecule has 0 nitrogen and oxygen atoms in total. The van der Waals surface area contributed by atoms with Crippen molar-refractivity contribution < 1.29 is 0 Å². The maximum absolute atomic E-state index is 2.36. The van der Waals surface area contributed by atoms with Gasteiger partial charge in [0.25, 0.3) is 0 Å². The highest BCUT2D eigenvalue weighted by Gasteiger charge is 2.10. The average molecular weight is 621 g/mol. The quantitative estimate of drug-likeness (QED) is 0.0997. The summed E-state index contributed by atoms with van der Waals surface area (Å²) in [5, 5.41) is 5.15. The molecule has 0 aliphatic rings. The van der Waals surface area contributed by atoms with E-state index in [4.69, 9.17) is 0 Å². The monoisotopic (exact) mass is 620 g/mol. The van der Waals surface area contributed by atoms with Crippen LogP contribution >= 0.6 is 22.7 Å². The van der Waals surface area contributed by atoms with Crippen molar-refractivity contribution in [3.8, 4) is 41.8 Å². The summed E-state index contributed by atoms with van der Waals surface area (Å²) in [4.78, 5) is 5.28. The van der Waals surface area contributed by atoms with Gasteiger partial charge >= 0.3 is 0 Å². The van der Waals surface area contributed by atoms with Crippen LogP contribution in [0.2, 0.25) is 0 Å². The summed E-state index contributed by atoms with van der Waals surface area (Å²) >= 11 is 3.75. The Kier molecular flexibility index (Phi) is 8.96. The first kappa shape index (κ1) is 29.7. The summed E-state index contributed by atoms with van der Waals surface area (Å²) in [6.07, 6.45) is 9.30. The fourth-order valence-electron chi connectivity index (χ4n) is 6.26. The third-order valence-corrected chi connectivity index (χ3v) is 11.3. The number of thiophene rings is 2. The maximum Gasteiger partial charge on any atom is 0.0349 e. The van der Waals surface area contributed by atoms with E-state index in [9.17, 15) is 0 Å². The smallest absolute Gasteiger partial charge is 0.0349 e. The molecule has 0 aliphatic carbocycles. The largest absolute Gasteiger partial charge is 0.135 e. The van der Waals surface area contributed by atoms with Crippen LogP contribution in [0.25, 0.3) is 63.3 Å². The van der Waals surface area contributed by atoms with Crippen LogP contribution in [0.4, 0.5) is 0 Å². The van der Waals surface area contributed by atoms with Gasteiger partial charge in [-0.05, 0) is 118 Å². The third-order valence-electron chi connectivity index (χ3n) is 8.97. The minimum atomic E-state index is 1.19. The highest BCUT2D eigenvalue weighted by atomic mass is 32.1. The van der Waals surface area contributed by atoms with Crippen LogP contribution in [0.1, 0.15) is 56.6 Å². The highest BCUT2D eigenvalue weighted by molar-refractivity contribution is 7.19. The summed E-state index contributed by atoms with van der Waals surface area (Å²) in [6, 6.07) is 45.7. The lowest BCUT2D eigenvalue weighted by atomic mass is 9.99. The van der Waals surface area contributed by atoms with E-state index in [1.54, 1.807) is 0 Å². The number of fused-ring (bicyclic) bond motifs is 2. The fraction of sp³-hybridized carbons (Fsp3) is 0.209. The summed E-state index contributed by atoms with van der Waals surface area (Å²) < 4.78 is 0. The molecule has 7 rings (SSSR count). The molecular weight excluding hydrogens is 581 g/mol. The molecular formula is C43H40S2. The Bertz CT molecular complexity index is 2040. The van der Waals surface area contributed by atoms with Gasteiger partial charge in [-0.25, -0.2) is 0 Å². The van der Waals surface area contributed by atoms with Crippen molar-refractivity contribution in [3.63, 3.8) is 0 Å². The standard InChI is InChI=1S/C43H40S2/c1-3-4-5-6-7-8-9-31-12-16-33(17-13-31)41-23-25-43(45-41)37-21-19-35-26-38-28-36(20-18-34(38)27-39(35)29-37)42-24-22-40(44-42)32-14-10-30(2)11-15-32/h10-29H,3-9H2,1-2H3. The molecule has 0 saturated carbocycles. The van der Waals surface area contributed by atoms with Gasteiger partial charge in [-0.15, -0.1) is 22.7 Å². The van der Waals surface area contributed by atoms with E-state index >= 15 is 0 Å². The van der Waals surface area contributed by atoms with Gasteiger partial charge in [0.1, 0.15) is 0 Å². The van der Waals surface area contributed by atoms with Gasteiger partial charge in [-0.3, -0.25) is 0 Å². The fourth-order valence-corrected chi connectivity index (χ4v) is 8.28. The number of benzene rings is 5. The van der Waals surface area contributed by atoms with Crippen molar-refractivity contribution in [2.45, 2.75) is 58.8 Å². The minimum Gasteiger partial charge on any atom is -0.135 e. The molecule has 0 radical (unpaired) electrons. The number of aryl methyl sites for hydroxylation is 2. The first-order valence-electron chi connectivity index (χ1n) is 16.5. The predicted molar refractivity (Wildman–Crippen MR) is 201 cm³/mol. The van der Waals surface area contributed by atoms with Crippen molar-refractivity contribution in [3.05, 3.63) is 132 Å². The molecule has 0 amide bonds. The molecule has 0 atom stereocenters. The van der Waals surface area contributed by atoms with Gasteiger partial charge in [-0.1, -0.05) is 117 Å². The SMILES string of the molecule is CCCCCCCCc1ccc(-c2ccc(-c3ccc4cc5cc(-c6ccc(-c7ccc(C)cc7)s6)ccc5cc4c3)s2)cc1. The first-order valence-corrected chi connectivity index (χ1v) is 18.1. The Balaban J connectivity index is 1.06. The Morgan fingerprint density at radius 1 is 0.400 bits per heavy atom. The van der Waals surface area contributed by atoms with E-state index in [1.807, 2.05) is 22.7 Å². The zero-order valence-corrected chi connectivity index (χ0v) is 27.9. The lowest BCUT2D eigenvalue weighted by Gasteiger charge is -2.07. The molecule has 2 aromatic heterocycles. The van der Waals surface area contributed by atoms with E-state index in [-0.39, 0.29) is 0 Å². The normalized spacial score (nSPS) is 11.5. The summed E-state index contributed by atoms with van der Waals surface area (Å²) in [5.41, 5.74) is 7.93.